The zero-order valence-corrected chi connectivity index (χ0v) is 10.4. The molecule has 0 spiro atoms. The summed E-state index contributed by atoms with van der Waals surface area (Å²) in [4.78, 5) is 0. The summed E-state index contributed by atoms with van der Waals surface area (Å²) in [6.07, 6.45) is 9.84. The molecule has 1 N–H and O–H groups in total. The van der Waals surface area contributed by atoms with Gasteiger partial charge < -0.3 is 5.11 Å². The molecule has 17 heavy (non-hydrogen) atoms. The Balaban J connectivity index is 1.79. The largest absolute Gasteiger partial charge is 0.396 e. The van der Waals surface area contributed by atoms with Gasteiger partial charge in [0.2, 0.25) is 0 Å². The predicted molar refractivity (Wildman–Crippen MR) is 64.4 cm³/mol. The maximum absolute atomic E-state index is 8.81. The Morgan fingerprint density at radius 1 is 1.24 bits per heavy atom. The van der Waals surface area contributed by atoms with Gasteiger partial charge in [-0.2, -0.15) is 0 Å². The summed E-state index contributed by atoms with van der Waals surface area (Å²) in [5.74, 6) is 1.84. The third-order valence-electron chi connectivity index (χ3n) is 3.64. The fraction of sp³-hybridized carbons (Fsp3) is 0.917. The number of aryl methyl sites for hydroxylation is 2. The van der Waals surface area contributed by atoms with Crippen molar-refractivity contribution in [3.8, 4) is 0 Å². The van der Waals surface area contributed by atoms with Gasteiger partial charge in [0.1, 0.15) is 0 Å². The second-order valence-electron chi connectivity index (χ2n) is 4.94. The first kappa shape index (κ1) is 12.5. The van der Waals surface area contributed by atoms with Crippen molar-refractivity contribution >= 4 is 0 Å². The lowest BCUT2D eigenvalue weighted by molar-refractivity contribution is 0.274. The summed E-state index contributed by atoms with van der Waals surface area (Å²) in [5, 5.41) is 20.6. The molecule has 5 heteroatoms. The molecule has 1 aromatic rings. The summed E-state index contributed by atoms with van der Waals surface area (Å²) < 4.78 is 1.83. The van der Waals surface area contributed by atoms with Crippen molar-refractivity contribution in [3.05, 3.63) is 5.82 Å². The topological polar surface area (TPSA) is 63.8 Å². The van der Waals surface area contributed by atoms with Gasteiger partial charge in [-0.05, 0) is 29.2 Å². The molecular weight excluding hydrogens is 216 g/mol. The van der Waals surface area contributed by atoms with Gasteiger partial charge in [0.15, 0.2) is 5.82 Å². The molecule has 0 unspecified atom stereocenters. The van der Waals surface area contributed by atoms with Crippen molar-refractivity contribution in [2.75, 3.05) is 6.61 Å². The van der Waals surface area contributed by atoms with Gasteiger partial charge in [-0.15, -0.1) is 5.10 Å². The number of hydrogen-bond acceptors (Lipinski definition) is 4. The number of aliphatic hydroxyl groups is 1. The molecule has 0 radical (unpaired) electrons. The van der Waals surface area contributed by atoms with Crippen LogP contribution in [0.25, 0.3) is 0 Å². The van der Waals surface area contributed by atoms with Crippen molar-refractivity contribution in [2.45, 2.75) is 57.9 Å². The maximum Gasteiger partial charge on any atom is 0.151 e. The molecule has 2 rings (SSSR count). The minimum atomic E-state index is 0.196. The minimum Gasteiger partial charge on any atom is -0.396 e. The Morgan fingerprint density at radius 2 is 2.06 bits per heavy atom. The molecule has 1 aliphatic rings. The van der Waals surface area contributed by atoms with Gasteiger partial charge >= 0.3 is 0 Å². The standard InChI is InChI=1S/C12H22N4O/c17-10-4-9-16-12(13-14-15-16)8-7-11-5-2-1-3-6-11/h11,17H,1-10H2. The molecule has 0 atom stereocenters. The van der Waals surface area contributed by atoms with Crippen LogP contribution in [-0.4, -0.2) is 31.9 Å². The molecule has 0 amide bonds. The van der Waals surface area contributed by atoms with E-state index in [1.807, 2.05) is 4.68 Å². The quantitative estimate of drug-likeness (QED) is 0.817. The lowest BCUT2D eigenvalue weighted by Gasteiger charge is -2.20. The highest BCUT2D eigenvalue weighted by Gasteiger charge is 2.15. The highest BCUT2D eigenvalue weighted by Crippen LogP contribution is 2.27. The maximum atomic E-state index is 8.81. The number of rotatable bonds is 6. The van der Waals surface area contributed by atoms with E-state index in [1.165, 1.54) is 38.5 Å². The summed E-state index contributed by atoms with van der Waals surface area (Å²) in [6, 6.07) is 0. The summed E-state index contributed by atoms with van der Waals surface area (Å²) in [5.41, 5.74) is 0. The van der Waals surface area contributed by atoms with Crippen molar-refractivity contribution < 1.29 is 5.11 Å². The van der Waals surface area contributed by atoms with Gasteiger partial charge in [-0.25, -0.2) is 4.68 Å². The third kappa shape index (κ3) is 3.77. The van der Waals surface area contributed by atoms with E-state index in [4.69, 9.17) is 5.11 Å². The molecule has 5 nitrogen and oxygen atoms in total. The van der Waals surface area contributed by atoms with Crippen LogP contribution in [0, 0.1) is 5.92 Å². The van der Waals surface area contributed by atoms with Gasteiger partial charge in [0.05, 0.1) is 0 Å². The first-order valence-corrected chi connectivity index (χ1v) is 6.76. The number of nitrogens with zero attached hydrogens (tertiary/aromatic N) is 4. The molecule has 1 saturated carbocycles. The molecule has 1 heterocycles. The van der Waals surface area contributed by atoms with Crippen molar-refractivity contribution in [1.29, 1.82) is 0 Å². The van der Waals surface area contributed by atoms with E-state index in [0.29, 0.717) is 0 Å². The van der Waals surface area contributed by atoms with E-state index in [0.717, 1.165) is 31.1 Å². The lowest BCUT2D eigenvalue weighted by atomic mass is 9.86. The highest BCUT2D eigenvalue weighted by atomic mass is 16.3. The highest BCUT2D eigenvalue weighted by molar-refractivity contribution is 4.82. The molecule has 0 aromatic carbocycles. The second kappa shape index (κ2) is 6.69. The Bertz CT molecular complexity index is 320. The number of aliphatic hydroxyl groups excluding tert-OH is 1. The summed E-state index contributed by atoms with van der Waals surface area (Å²) >= 11 is 0. The summed E-state index contributed by atoms with van der Waals surface area (Å²) in [6.45, 7) is 0.922. The smallest absolute Gasteiger partial charge is 0.151 e. The fourth-order valence-electron chi connectivity index (χ4n) is 2.61. The monoisotopic (exact) mass is 238 g/mol. The van der Waals surface area contributed by atoms with Crippen LogP contribution in [0.5, 0.6) is 0 Å². The fourth-order valence-corrected chi connectivity index (χ4v) is 2.61. The molecule has 0 aliphatic heterocycles. The Labute approximate surface area is 102 Å². The van der Waals surface area contributed by atoms with E-state index in [2.05, 4.69) is 15.5 Å². The zero-order chi connectivity index (χ0) is 11.9. The lowest BCUT2D eigenvalue weighted by Crippen LogP contribution is -2.11. The van der Waals surface area contributed by atoms with E-state index in [-0.39, 0.29) is 6.61 Å². The predicted octanol–water partition coefficient (Wildman–Crippen LogP) is 1.57. The van der Waals surface area contributed by atoms with Crippen LogP contribution in [0.3, 0.4) is 0 Å². The van der Waals surface area contributed by atoms with E-state index < -0.39 is 0 Å². The van der Waals surface area contributed by atoms with Crippen LogP contribution in [0.15, 0.2) is 0 Å². The van der Waals surface area contributed by atoms with Crippen LogP contribution in [0.4, 0.5) is 0 Å². The van der Waals surface area contributed by atoms with Gasteiger partial charge in [0, 0.05) is 19.6 Å². The first-order valence-electron chi connectivity index (χ1n) is 6.76. The molecule has 1 aromatic heterocycles. The first-order chi connectivity index (χ1) is 8.40. The zero-order valence-electron chi connectivity index (χ0n) is 10.4. The van der Waals surface area contributed by atoms with Crippen LogP contribution >= 0.6 is 0 Å². The minimum absolute atomic E-state index is 0.196. The molecular formula is C12H22N4O. The number of tetrazole rings is 1. The molecule has 1 fully saturated rings. The Hall–Kier alpha value is -0.970. The number of aromatic nitrogens is 4. The molecule has 1 aliphatic carbocycles. The second-order valence-corrected chi connectivity index (χ2v) is 4.94. The third-order valence-corrected chi connectivity index (χ3v) is 3.64. The van der Waals surface area contributed by atoms with Crippen molar-refractivity contribution in [2.24, 2.45) is 5.92 Å². The summed E-state index contributed by atoms with van der Waals surface area (Å²) in [7, 11) is 0. The van der Waals surface area contributed by atoms with Crippen molar-refractivity contribution in [3.63, 3.8) is 0 Å². The molecule has 0 bridgehead atoms. The van der Waals surface area contributed by atoms with Gasteiger partial charge in [-0.3, -0.25) is 0 Å². The Morgan fingerprint density at radius 3 is 2.82 bits per heavy atom. The normalized spacial score (nSPS) is 17.5. The number of hydrogen-bond donors (Lipinski definition) is 1. The van der Waals surface area contributed by atoms with Gasteiger partial charge in [0.25, 0.3) is 0 Å². The van der Waals surface area contributed by atoms with Crippen molar-refractivity contribution in [1.82, 2.24) is 20.2 Å². The average Bonchev–Trinajstić information content (AvgIpc) is 2.82. The Kier molecular flexibility index (Phi) is 4.91. The van der Waals surface area contributed by atoms with Crippen LogP contribution in [0.1, 0.15) is 50.8 Å². The molecule has 0 saturated heterocycles. The van der Waals surface area contributed by atoms with Crippen LogP contribution < -0.4 is 0 Å². The van der Waals surface area contributed by atoms with E-state index >= 15 is 0 Å². The van der Waals surface area contributed by atoms with Crippen LogP contribution in [0.2, 0.25) is 0 Å². The van der Waals surface area contributed by atoms with Crippen LogP contribution in [-0.2, 0) is 13.0 Å². The van der Waals surface area contributed by atoms with Gasteiger partial charge in [-0.1, -0.05) is 32.1 Å². The SMILES string of the molecule is OCCCn1nnnc1CCC1CCCCC1. The molecule has 96 valence electrons. The average molecular weight is 238 g/mol. The van der Waals surface area contributed by atoms with E-state index in [9.17, 15) is 0 Å². The van der Waals surface area contributed by atoms with E-state index in [1.54, 1.807) is 0 Å².